The van der Waals surface area contributed by atoms with Crippen LogP contribution in [-0.4, -0.2) is 18.1 Å². The SMILES string of the molecule is CCCC1(C)C=CC=C(/C=C/c2ccc(C(=O)OC)cn2)C=C1. The number of ether oxygens (including phenoxy) is 1. The summed E-state index contributed by atoms with van der Waals surface area (Å²) in [5.74, 6) is -0.372. The van der Waals surface area contributed by atoms with Crippen LogP contribution in [0.5, 0.6) is 0 Å². The van der Waals surface area contributed by atoms with E-state index in [1.807, 2.05) is 12.2 Å². The van der Waals surface area contributed by atoms with Crippen LogP contribution in [0, 0.1) is 5.41 Å². The molecule has 120 valence electrons. The third kappa shape index (κ3) is 4.78. The Bertz CT molecular complexity index is 665. The average Bonchev–Trinajstić information content (AvgIpc) is 2.75. The molecule has 0 amide bonds. The van der Waals surface area contributed by atoms with Gasteiger partial charge < -0.3 is 4.74 Å². The summed E-state index contributed by atoms with van der Waals surface area (Å²) in [5, 5.41) is 0. The van der Waals surface area contributed by atoms with Crippen LogP contribution in [0.15, 0.2) is 60.4 Å². The van der Waals surface area contributed by atoms with Crippen molar-refractivity contribution in [2.45, 2.75) is 26.7 Å². The van der Waals surface area contributed by atoms with Crippen molar-refractivity contribution in [3.05, 3.63) is 71.6 Å². The molecule has 0 aromatic carbocycles. The van der Waals surface area contributed by atoms with Crippen LogP contribution in [0.25, 0.3) is 6.08 Å². The molecule has 1 aliphatic carbocycles. The molecule has 0 radical (unpaired) electrons. The molecule has 0 saturated carbocycles. The maximum Gasteiger partial charge on any atom is 0.339 e. The molecule has 3 nitrogen and oxygen atoms in total. The fourth-order valence-corrected chi connectivity index (χ4v) is 2.52. The fourth-order valence-electron chi connectivity index (χ4n) is 2.52. The van der Waals surface area contributed by atoms with Gasteiger partial charge in [0.2, 0.25) is 0 Å². The maximum absolute atomic E-state index is 11.4. The smallest absolute Gasteiger partial charge is 0.339 e. The highest BCUT2D eigenvalue weighted by Gasteiger charge is 2.16. The van der Waals surface area contributed by atoms with E-state index in [0.29, 0.717) is 5.56 Å². The number of nitrogens with zero attached hydrogens (tertiary/aromatic N) is 1. The van der Waals surface area contributed by atoms with Crippen molar-refractivity contribution < 1.29 is 9.53 Å². The van der Waals surface area contributed by atoms with E-state index in [4.69, 9.17) is 0 Å². The number of allylic oxidation sites excluding steroid dienone is 7. The summed E-state index contributed by atoms with van der Waals surface area (Å²) < 4.78 is 4.66. The number of carbonyl (C=O) groups is 1. The van der Waals surface area contributed by atoms with Crippen molar-refractivity contribution >= 4 is 12.0 Å². The molecule has 0 aliphatic heterocycles. The van der Waals surface area contributed by atoms with Crippen molar-refractivity contribution in [1.29, 1.82) is 0 Å². The Morgan fingerprint density at radius 3 is 2.78 bits per heavy atom. The molecule has 1 aromatic rings. The minimum atomic E-state index is -0.372. The number of methoxy groups -OCH3 is 1. The highest BCUT2D eigenvalue weighted by molar-refractivity contribution is 5.89. The Labute approximate surface area is 138 Å². The summed E-state index contributed by atoms with van der Waals surface area (Å²) in [7, 11) is 1.36. The average molecular weight is 309 g/mol. The lowest BCUT2D eigenvalue weighted by Crippen LogP contribution is -2.07. The van der Waals surface area contributed by atoms with Crippen molar-refractivity contribution in [3.63, 3.8) is 0 Å². The van der Waals surface area contributed by atoms with E-state index in [9.17, 15) is 4.79 Å². The van der Waals surface area contributed by atoms with Crippen LogP contribution in [0.1, 0.15) is 42.7 Å². The molecule has 1 heterocycles. The molecule has 3 heteroatoms. The second-order valence-electron chi connectivity index (χ2n) is 5.91. The van der Waals surface area contributed by atoms with E-state index in [1.165, 1.54) is 13.3 Å². The molecule has 1 aliphatic rings. The van der Waals surface area contributed by atoms with Gasteiger partial charge in [0.1, 0.15) is 0 Å². The predicted octanol–water partition coefficient (Wildman–Crippen LogP) is 4.74. The number of pyridine rings is 1. The number of hydrogen-bond donors (Lipinski definition) is 0. The third-order valence-electron chi connectivity index (χ3n) is 3.86. The molecule has 2 rings (SSSR count). The molecule has 1 atom stereocenters. The van der Waals surface area contributed by atoms with Crippen molar-refractivity contribution in [2.24, 2.45) is 5.41 Å². The number of hydrogen-bond acceptors (Lipinski definition) is 3. The van der Waals surface area contributed by atoms with Crippen LogP contribution < -0.4 is 0 Å². The van der Waals surface area contributed by atoms with E-state index >= 15 is 0 Å². The van der Waals surface area contributed by atoms with Crippen molar-refractivity contribution in [3.8, 4) is 0 Å². The first-order valence-electron chi connectivity index (χ1n) is 7.87. The summed E-state index contributed by atoms with van der Waals surface area (Å²) in [6, 6.07) is 3.52. The zero-order chi connectivity index (χ0) is 16.7. The second-order valence-corrected chi connectivity index (χ2v) is 5.91. The van der Waals surface area contributed by atoms with Gasteiger partial charge in [0.25, 0.3) is 0 Å². The molecule has 0 bridgehead atoms. The van der Waals surface area contributed by atoms with E-state index in [-0.39, 0.29) is 11.4 Å². The Balaban J connectivity index is 2.07. The molecule has 0 spiro atoms. The third-order valence-corrected chi connectivity index (χ3v) is 3.86. The molecule has 1 unspecified atom stereocenters. The standard InChI is InChI=1S/C20H23NO2/c1-4-12-20(2)13-5-6-16(11-14-20)7-9-18-10-8-17(15-21-18)19(22)23-3/h5-11,13-15H,4,12H2,1-3H3/b9-7+. The van der Waals surface area contributed by atoms with Crippen LogP contribution in [0.4, 0.5) is 0 Å². The molecule has 0 N–H and O–H groups in total. The van der Waals surface area contributed by atoms with Gasteiger partial charge in [0.15, 0.2) is 0 Å². The van der Waals surface area contributed by atoms with Gasteiger partial charge in [-0.25, -0.2) is 4.79 Å². The van der Waals surface area contributed by atoms with Gasteiger partial charge in [0, 0.05) is 11.6 Å². The van der Waals surface area contributed by atoms with Crippen LogP contribution in [0.2, 0.25) is 0 Å². The van der Waals surface area contributed by atoms with Crippen molar-refractivity contribution in [2.75, 3.05) is 7.11 Å². The van der Waals surface area contributed by atoms with Gasteiger partial charge in [0.05, 0.1) is 18.4 Å². The maximum atomic E-state index is 11.4. The first-order valence-corrected chi connectivity index (χ1v) is 7.87. The van der Waals surface area contributed by atoms with E-state index in [1.54, 1.807) is 12.1 Å². The Hall–Kier alpha value is -2.42. The molecule has 1 aromatic heterocycles. The molecule has 0 saturated heterocycles. The Morgan fingerprint density at radius 1 is 1.30 bits per heavy atom. The van der Waals surface area contributed by atoms with Crippen LogP contribution in [-0.2, 0) is 4.74 Å². The monoisotopic (exact) mass is 309 g/mol. The quantitative estimate of drug-likeness (QED) is 0.737. The highest BCUT2D eigenvalue weighted by Crippen LogP contribution is 2.29. The highest BCUT2D eigenvalue weighted by atomic mass is 16.5. The number of carbonyl (C=O) groups excluding carboxylic acids is 1. The zero-order valence-corrected chi connectivity index (χ0v) is 14.0. The largest absolute Gasteiger partial charge is 0.465 e. The van der Waals surface area contributed by atoms with Crippen LogP contribution in [0.3, 0.4) is 0 Å². The number of esters is 1. The minimum absolute atomic E-state index is 0.126. The fraction of sp³-hybridized carbons (Fsp3) is 0.300. The summed E-state index contributed by atoms with van der Waals surface area (Å²) in [6.07, 6.45) is 18.7. The van der Waals surface area contributed by atoms with Crippen molar-refractivity contribution in [1.82, 2.24) is 4.98 Å². The lowest BCUT2D eigenvalue weighted by Gasteiger charge is -2.19. The summed E-state index contributed by atoms with van der Waals surface area (Å²) in [6.45, 7) is 4.45. The lowest BCUT2D eigenvalue weighted by molar-refractivity contribution is 0.0600. The molecule has 0 fully saturated rings. The Kier molecular flexibility index (Phi) is 5.69. The first kappa shape index (κ1) is 16.9. The van der Waals surface area contributed by atoms with Gasteiger partial charge in [-0.2, -0.15) is 0 Å². The summed E-state index contributed by atoms with van der Waals surface area (Å²) in [4.78, 5) is 15.6. The minimum Gasteiger partial charge on any atom is -0.465 e. The first-order chi connectivity index (χ1) is 11.1. The van der Waals surface area contributed by atoms with E-state index in [2.05, 4.69) is 53.9 Å². The normalized spacial score (nSPS) is 20.4. The Morgan fingerprint density at radius 2 is 2.13 bits per heavy atom. The van der Waals surface area contributed by atoms with E-state index in [0.717, 1.165) is 24.1 Å². The number of rotatable bonds is 5. The summed E-state index contributed by atoms with van der Waals surface area (Å²) in [5.41, 5.74) is 2.51. The molecule has 23 heavy (non-hydrogen) atoms. The number of aromatic nitrogens is 1. The van der Waals surface area contributed by atoms with Gasteiger partial charge >= 0.3 is 5.97 Å². The van der Waals surface area contributed by atoms with Gasteiger partial charge in [-0.3, -0.25) is 4.98 Å². The zero-order valence-electron chi connectivity index (χ0n) is 14.0. The van der Waals surface area contributed by atoms with Gasteiger partial charge in [-0.05, 0) is 30.2 Å². The van der Waals surface area contributed by atoms with Gasteiger partial charge in [-0.1, -0.05) is 56.7 Å². The van der Waals surface area contributed by atoms with Crippen LogP contribution >= 0.6 is 0 Å². The molecular formula is C20H23NO2. The molecular weight excluding hydrogens is 286 g/mol. The predicted molar refractivity (Wildman–Crippen MR) is 94.0 cm³/mol. The lowest BCUT2D eigenvalue weighted by atomic mass is 9.85. The topological polar surface area (TPSA) is 39.2 Å². The summed E-state index contributed by atoms with van der Waals surface area (Å²) >= 11 is 0. The van der Waals surface area contributed by atoms with Gasteiger partial charge in [-0.15, -0.1) is 0 Å². The van der Waals surface area contributed by atoms with E-state index < -0.39 is 0 Å². The second kappa shape index (κ2) is 7.73.